The molecular weight excluding hydrogens is 308 g/mol. The molecular formula is C15H19BrO3. The fourth-order valence-electron chi connectivity index (χ4n) is 1.54. The van der Waals surface area contributed by atoms with Crippen LogP contribution >= 0.6 is 15.9 Å². The second-order valence-corrected chi connectivity index (χ2v) is 5.13. The predicted octanol–water partition coefficient (Wildman–Crippen LogP) is 4.29. The fourth-order valence-corrected chi connectivity index (χ4v) is 1.94. The number of carbonyl (C=O) groups is 1. The molecule has 0 heterocycles. The van der Waals surface area contributed by atoms with Crippen molar-refractivity contribution in [2.45, 2.75) is 32.6 Å². The summed E-state index contributed by atoms with van der Waals surface area (Å²) in [6.07, 6.45) is 7.42. The van der Waals surface area contributed by atoms with E-state index in [4.69, 9.17) is 4.74 Å². The smallest absolute Gasteiger partial charge is 0.330 e. The number of aromatic hydroxyl groups is 1. The van der Waals surface area contributed by atoms with Crippen molar-refractivity contribution in [3.63, 3.8) is 0 Å². The highest BCUT2D eigenvalue weighted by Crippen LogP contribution is 2.24. The Morgan fingerprint density at radius 1 is 1.37 bits per heavy atom. The molecule has 0 bridgehead atoms. The number of hydrogen-bond acceptors (Lipinski definition) is 3. The molecule has 0 fully saturated rings. The van der Waals surface area contributed by atoms with Crippen LogP contribution < -0.4 is 0 Å². The van der Waals surface area contributed by atoms with E-state index in [0.717, 1.165) is 18.4 Å². The van der Waals surface area contributed by atoms with Crippen LogP contribution in [0.5, 0.6) is 5.75 Å². The summed E-state index contributed by atoms with van der Waals surface area (Å²) in [4.78, 5) is 11.4. The molecule has 0 saturated heterocycles. The first-order valence-electron chi connectivity index (χ1n) is 6.47. The van der Waals surface area contributed by atoms with Crippen LogP contribution in [0.15, 0.2) is 28.7 Å². The molecule has 0 aliphatic heterocycles. The third-order valence-electron chi connectivity index (χ3n) is 2.63. The van der Waals surface area contributed by atoms with E-state index in [1.807, 2.05) is 0 Å². The zero-order valence-electron chi connectivity index (χ0n) is 11.1. The van der Waals surface area contributed by atoms with E-state index in [-0.39, 0.29) is 11.7 Å². The lowest BCUT2D eigenvalue weighted by atomic mass is 10.2. The summed E-state index contributed by atoms with van der Waals surface area (Å²) in [7, 11) is 0. The number of hydrogen-bond donors (Lipinski definition) is 1. The van der Waals surface area contributed by atoms with Gasteiger partial charge in [-0.05, 0) is 46.1 Å². The number of rotatable bonds is 7. The van der Waals surface area contributed by atoms with Crippen LogP contribution in [0, 0.1) is 0 Å². The van der Waals surface area contributed by atoms with Crippen molar-refractivity contribution in [2.75, 3.05) is 6.61 Å². The maximum atomic E-state index is 11.4. The highest BCUT2D eigenvalue weighted by Gasteiger charge is 1.99. The highest BCUT2D eigenvalue weighted by atomic mass is 79.9. The van der Waals surface area contributed by atoms with Gasteiger partial charge in [-0.25, -0.2) is 4.79 Å². The first-order valence-corrected chi connectivity index (χ1v) is 7.26. The monoisotopic (exact) mass is 326 g/mol. The van der Waals surface area contributed by atoms with Crippen molar-refractivity contribution < 1.29 is 14.6 Å². The summed E-state index contributed by atoms with van der Waals surface area (Å²) in [5.41, 5.74) is 0.826. The molecule has 4 heteroatoms. The Bertz CT molecular complexity index is 441. The van der Waals surface area contributed by atoms with Crippen molar-refractivity contribution in [1.29, 1.82) is 0 Å². The first kappa shape index (κ1) is 15.8. The molecule has 1 aromatic rings. The normalized spacial score (nSPS) is 10.8. The molecule has 1 aromatic carbocycles. The van der Waals surface area contributed by atoms with E-state index in [1.54, 1.807) is 24.3 Å². The van der Waals surface area contributed by atoms with Gasteiger partial charge in [0.15, 0.2) is 0 Å². The third kappa shape index (κ3) is 6.43. The van der Waals surface area contributed by atoms with Gasteiger partial charge in [0, 0.05) is 6.08 Å². The number of ether oxygens (including phenoxy) is 1. The molecule has 0 aliphatic carbocycles. The fraction of sp³-hybridized carbons (Fsp3) is 0.400. The Balaban J connectivity index is 2.34. The van der Waals surface area contributed by atoms with Gasteiger partial charge in [-0.15, -0.1) is 0 Å². The summed E-state index contributed by atoms with van der Waals surface area (Å²) < 4.78 is 5.68. The largest absolute Gasteiger partial charge is 0.507 e. The van der Waals surface area contributed by atoms with Crippen LogP contribution in [0.4, 0.5) is 0 Å². The number of carbonyl (C=O) groups excluding carboxylic acids is 1. The second-order valence-electron chi connectivity index (χ2n) is 4.27. The molecule has 0 amide bonds. The van der Waals surface area contributed by atoms with Gasteiger partial charge in [-0.3, -0.25) is 0 Å². The van der Waals surface area contributed by atoms with Gasteiger partial charge in [0.25, 0.3) is 0 Å². The number of phenolic OH excluding ortho intramolecular Hbond substituents is 1. The summed E-state index contributed by atoms with van der Waals surface area (Å²) >= 11 is 3.22. The molecule has 3 nitrogen and oxygen atoms in total. The van der Waals surface area contributed by atoms with E-state index in [9.17, 15) is 9.90 Å². The average Bonchev–Trinajstić information content (AvgIpc) is 2.40. The van der Waals surface area contributed by atoms with Crippen LogP contribution in [0.3, 0.4) is 0 Å². The van der Waals surface area contributed by atoms with Gasteiger partial charge in [0.1, 0.15) is 5.75 Å². The number of phenols is 1. The predicted molar refractivity (Wildman–Crippen MR) is 79.9 cm³/mol. The first-order chi connectivity index (χ1) is 9.13. The Labute approximate surface area is 122 Å². The van der Waals surface area contributed by atoms with E-state index in [2.05, 4.69) is 22.9 Å². The summed E-state index contributed by atoms with van der Waals surface area (Å²) in [6, 6.07) is 5.03. The maximum Gasteiger partial charge on any atom is 0.330 e. The summed E-state index contributed by atoms with van der Waals surface area (Å²) in [6.45, 7) is 2.62. The van der Waals surface area contributed by atoms with Crippen LogP contribution in [-0.2, 0) is 9.53 Å². The Morgan fingerprint density at radius 2 is 2.16 bits per heavy atom. The van der Waals surface area contributed by atoms with Gasteiger partial charge < -0.3 is 9.84 Å². The minimum Gasteiger partial charge on any atom is -0.507 e. The van der Waals surface area contributed by atoms with Crippen LogP contribution in [0.2, 0.25) is 0 Å². The SMILES string of the molecule is CCCCCCOC(=O)/C=C/c1ccc(O)c(Br)c1. The zero-order valence-corrected chi connectivity index (χ0v) is 12.6. The Hall–Kier alpha value is -1.29. The van der Waals surface area contributed by atoms with Crippen LogP contribution in [0.1, 0.15) is 38.2 Å². The van der Waals surface area contributed by atoms with Crippen molar-refractivity contribution in [2.24, 2.45) is 0 Å². The van der Waals surface area contributed by atoms with E-state index in [1.165, 1.54) is 18.9 Å². The molecule has 0 saturated carbocycles. The minimum atomic E-state index is -0.333. The molecule has 1 rings (SSSR count). The molecule has 104 valence electrons. The number of unbranched alkanes of at least 4 members (excludes halogenated alkanes) is 3. The second kappa shape index (κ2) is 8.75. The Morgan fingerprint density at radius 3 is 2.84 bits per heavy atom. The van der Waals surface area contributed by atoms with Crippen LogP contribution in [0.25, 0.3) is 6.08 Å². The Kier molecular flexibility index (Phi) is 7.26. The van der Waals surface area contributed by atoms with Crippen molar-refractivity contribution in [1.82, 2.24) is 0 Å². The van der Waals surface area contributed by atoms with Gasteiger partial charge in [0.2, 0.25) is 0 Å². The lowest BCUT2D eigenvalue weighted by Gasteiger charge is -2.01. The van der Waals surface area contributed by atoms with Crippen molar-refractivity contribution in [3.05, 3.63) is 34.3 Å². The molecule has 0 unspecified atom stereocenters. The molecule has 0 aliphatic rings. The van der Waals surface area contributed by atoms with Gasteiger partial charge in [0.05, 0.1) is 11.1 Å². The molecule has 1 N–H and O–H groups in total. The van der Waals surface area contributed by atoms with Gasteiger partial charge >= 0.3 is 5.97 Å². The lowest BCUT2D eigenvalue weighted by Crippen LogP contribution is -2.02. The van der Waals surface area contributed by atoms with Crippen molar-refractivity contribution >= 4 is 28.0 Å². The van der Waals surface area contributed by atoms with Crippen molar-refractivity contribution in [3.8, 4) is 5.75 Å². The van der Waals surface area contributed by atoms with Gasteiger partial charge in [-0.2, -0.15) is 0 Å². The maximum absolute atomic E-state index is 11.4. The molecule has 0 spiro atoms. The molecule has 0 aromatic heterocycles. The quantitative estimate of drug-likeness (QED) is 0.462. The average molecular weight is 327 g/mol. The minimum absolute atomic E-state index is 0.177. The molecule has 0 radical (unpaired) electrons. The lowest BCUT2D eigenvalue weighted by molar-refractivity contribution is -0.137. The third-order valence-corrected chi connectivity index (χ3v) is 3.26. The topological polar surface area (TPSA) is 46.5 Å². The number of esters is 1. The number of halogens is 1. The standard InChI is InChI=1S/C15H19BrO3/c1-2-3-4-5-10-19-15(18)9-7-12-6-8-14(17)13(16)11-12/h6-9,11,17H,2-5,10H2,1H3/b9-7+. The zero-order chi connectivity index (χ0) is 14.1. The van der Waals surface area contributed by atoms with E-state index in [0.29, 0.717) is 11.1 Å². The van der Waals surface area contributed by atoms with E-state index >= 15 is 0 Å². The number of benzene rings is 1. The summed E-state index contributed by atoms with van der Waals surface area (Å²) in [5.74, 6) is -0.156. The molecule has 0 atom stereocenters. The van der Waals surface area contributed by atoms with Gasteiger partial charge in [-0.1, -0.05) is 32.3 Å². The van der Waals surface area contributed by atoms with Crippen LogP contribution in [-0.4, -0.2) is 17.7 Å². The van der Waals surface area contributed by atoms with E-state index < -0.39 is 0 Å². The highest BCUT2D eigenvalue weighted by molar-refractivity contribution is 9.10. The molecule has 19 heavy (non-hydrogen) atoms. The summed E-state index contributed by atoms with van der Waals surface area (Å²) in [5, 5.41) is 9.35.